The van der Waals surface area contributed by atoms with Crippen LogP contribution in [0.3, 0.4) is 0 Å². The van der Waals surface area contributed by atoms with Gasteiger partial charge in [0.2, 0.25) is 0 Å². The van der Waals surface area contributed by atoms with Gasteiger partial charge in [0, 0.05) is 60.8 Å². The van der Waals surface area contributed by atoms with Gasteiger partial charge in [-0.15, -0.1) is 0 Å². The van der Waals surface area contributed by atoms with Gasteiger partial charge in [-0.3, -0.25) is 4.98 Å². The lowest BCUT2D eigenvalue weighted by atomic mass is 10.0. The van der Waals surface area contributed by atoms with Crippen molar-refractivity contribution in [1.82, 2.24) is 19.9 Å². The highest BCUT2D eigenvalue weighted by atomic mass is 19.1. The van der Waals surface area contributed by atoms with Crippen LogP contribution in [0.5, 0.6) is 5.75 Å². The molecule has 0 spiro atoms. The first-order chi connectivity index (χ1) is 17.1. The molecule has 1 aliphatic heterocycles. The van der Waals surface area contributed by atoms with Crippen LogP contribution in [0.15, 0.2) is 67.3 Å². The summed E-state index contributed by atoms with van der Waals surface area (Å²) in [6.07, 6.45) is 8.19. The monoisotopic (exact) mass is 472 g/mol. The molecule has 35 heavy (non-hydrogen) atoms. The Morgan fingerprint density at radius 2 is 2.00 bits per heavy atom. The van der Waals surface area contributed by atoms with Gasteiger partial charge in [0.15, 0.2) is 5.82 Å². The molecule has 1 aliphatic rings. The number of hydrogen-bond donors (Lipinski definition) is 2. The molecule has 5 rings (SSSR count). The summed E-state index contributed by atoms with van der Waals surface area (Å²) >= 11 is 0. The lowest BCUT2D eigenvalue weighted by molar-refractivity contribution is 0.154. The molecule has 0 radical (unpaired) electrons. The summed E-state index contributed by atoms with van der Waals surface area (Å²) in [5, 5.41) is 13.5. The van der Waals surface area contributed by atoms with Crippen molar-refractivity contribution in [2.45, 2.75) is 18.9 Å². The Balaban J connectivity index is 1.50. The molecule has 1 fully saturated rings. The molecular weight excluding hydrogens is 447 g/mol. The Morgan fingerprint density at radius 1 is 1.09 bits per heavy atom. The zero-order chi connectivity index (χ0) is 24.2. The first-order valence-corrected chi connectivity index (χ1v) is 11.4. The van der Waals surface area contributed by atoms with Gasteiger partial charge in [0.1, 0.15) is 23.2 Å². The van der Waals surface area contributed by atoms with Crippen LogP contribution < -0.4 is 15.0 Å². The Labute approximate surface area is 202 Å². The summed E-state index contributed by atoms with van der Waals surface area (Å²) in [6, 6.07) is 12.1. The molecule has 1 atom stereocenters. The summed E-state index contributed by atoms with van der Waals surface area (Å²) in [7, 11) is 1.48. The first kappa shape index (κ1) is 22.7. The highest BCUT2D eigenvalue weighted by Crippen LogP contribution is 2.35. The number of pyridine rings is 2. The van der Waals surface area contributed by atoms with E-state index in [0.29, 0.717) is 23.9 Å². The third-order valence-corrected chi connectivity index (χ3v) is 5.92. The number of aromatic nitrogens is 4. The van der Waals surface area contributed by atoms with Gasteiger partial charge in [-0.1, -0.05) is 12.1 Å². The second-order valence-electron chi connectivity index (χ2n) is 8.28. The van der Waals surface area contributed by atoms with Crippen molar-refractivity contribution in [3.63, 3.8) is 0 Å². The fourth-order valence-electron chi connectivity index (χ4n) is 4.26. The van der Waals surface area contributed by atoms with E-state index in [1.54, 1.807) is 43.0 Å². The number of β-amino-alcohol motifs (C(OH)–C–C–N with tert-alkyl or cyclic N) is 1. The molecule has 0 saturated carbocycles. The molecule has 1 aromatic carbocycles. The molecular formula is C26H25FN6O2. The topological polar surface area (TPSA) is 96.3 Å². The van der Waals surface area contributed by atoms with Crippen LogP contribution in [-0.4, -0.2) is 51.3 Å². The molecule has 0 aliphatic carbocycles. The summed E-state index contributed by atoms with van der Waals surface area (Å²) < 4.78 is 19.9. The van der Waals surface area contributed by atoms with Gasteiger partial charge in [-0.05, 0) is 37.1 Å². The van der Waals surface area contributed by atoms with Crippen LogP contribution in [-0.2, 0) is 0 Å². The number of benzene rings is 1. The number of aliphatic hydroxyl groups is 1. The zero-order valence-electron chi connectivity index (χ0n) is 19.2. The van der Waals surface area contributed by atoms with E-state index in [0.717, 1.165) is 36.2 Å². The molecule has 0 amide bonds. The molecule has 0 bridgehead atoms. The maximum Gasteiger partial charge on any atom is 0.168 e. The van der Waals surface area contributed by atoms with Gasteiger partial charge < -0.3 is 20.1 Å². The van der Waals surface area contributed by atoms with Crippen LogP contribution in [0, 0.1) is 5.82 Å². The van der Waals surface area contributed by atoms with E-state index in [1.165, 1.54) is 13.2 Å². The lowest BCUT2D eigenvalue weighted by Crippen LogP contribution is -2.38. The van der Waals surface area contributed by atoms with Crippen LogP contribution in [0.2, 0.25) is 0 Å². The minimum Gasteiger partial charge on any atom is -0.496 e. The molecule has 4 heterocycles. The van der Waals surface area contributed by atoms with E-state index in [9.17, 15) is 9.50 Å². The Kier molecular flexibility index (Phi) is 6.49. The van der Waals surface area contributed by atoms with Crippen LogP contribution in [0.4, 0.5) is 21.7 Å². The number of ether oxygens (including phenoxy) is 1. The molecule has 2 N–H and O–H groups in total. The predicted octanol–water partition coefficient (Wildman–Crippen LogP) is 4.45. The molecule has 8 nitrogen and oxygen atoms in total. The van der Waals surface area contributed by atoms with Gasteiger partial charge >= 0.3 is 0 Å². The second kappa shape index (κ2) is 10.0. The average Bonchev–Trinajstić information content (AvgIpc) is 2.89. The lowest BCUT2D eigenvalue weighted by Gasteiger charge is -2.33. The average molecular weight is 473 g/mol. The normalized spacial score (nSPS) is 15.6. The number of nitrogens with zero attached hydrogens (tertiary/aromatic N) is 5. The van der Waals surface area contributed by atoms with E-state index >= 15 is 0 Å². The van der Waals surface area contributed by atoms with Crippen molar-refractivity contribution in [2.75, 3.05) is 30.4 Å². The summed E-state index contributed by atoms with van der Waals surface area (Å²) in [5.41, 5.74) is 3.01. The van der Waals surface area contributed by atoms with Crippen molar-refractivity contribution in [1.29, 1.82) is 0 Å². The summed E-state index contributed by atoms with van der Waals surface area (Å²) in [5.74, 6) is 1.12. The van der Waals surface area contributed by atoms with E-state index in [1.807, 2.05) is 18.2 Å². The van der Waals surface area contributed by atoms with Gasteiger partial charge in [-0.2, -0.15) is 0 Å². The first-order valence-electron chi connectivity index (χ1n) is 11.4. The van der Waals surface area contributed by atoms with Crippen LogP contribution >= 0.6 is 0 Å². The number of nitrogens with one attached hydrogen (secondary N) is 1. The highest BCUT2D eigenvalue weighted by molar-refractivity contribution is 5.80. The fraction of sp³-hybridized carbons (Fsp3) is 0.231. The fourth-order valence-corrected chi connectivity index (χ4v) is 4.26. The standard InChI is InChI=1S/C26H25FN6O2/c1-35-22-8-2-7-20(27)25(22)26-29-11-9-23(32-26)31-24-13-21(33-12-4-6-18(34)16-33)19(15-30-24)17-5-3-10-28-14-17/h2-3,5,7-11,13-15,18,34H,4,6,12,16H2,1H3,(H,29,30,31,32)/t18-/m0/s1. The number of halogens is 1. The number of hydrogen-bond acceptors (Lipinski definition) is 8. The Bertz CT molecular complexity index is 1320. The molecule has 178 valence electrons. The third-order valence-electron chi connectivity index (χ3n) is 5.92. The third kappa shape index (κ3) is 4.90. The van der Waals surface area contributed by atoms with E-state index in [-0.39, 0.29) is 17.5 Å². The number of piperidine rings is 1. The molecule has 1 saturated heterocycles. The van der Waals surface area contributed by atoms with Gasteiger partial charge in [-0.25, -0.2) is 19.3 Å². The number of rotatable bonds is 6. The minimum atomic E-state index is -0.466. The quantitative estimate of drug-likeness (QED) is 0.425. The maximum atomic E-state index is 14.6. The van der Waals surface area contributed by atoms with E-state index in [2.05, 4.69) is 30.2 Å². The molecule has 9 heteroatoms. The van der Waals surface area contributed by atoms with Crippen molar-refractivity contribution in [3.05, 3.63) is 73.1 Å². The second-order valence-corrected chi connectivity index (χ2v) is 8.28. The van der Waals surface area contributed by atoms with Crippen molar-refractivity contribution >= 4 is 17.3 Å². The van der Waals surface area contributed by atoms with E-state index < -0.39 is 5.82 Å². The van der Waals surface area contributed by atoms with E-state index in [4.69, 9.17) is 4.74 Å². The number of methoxy groups -OCH3 is 1. The summed E-state index contributed by atoms with van der Waals surface area (Å²) in [4.78, 5) is 19.7. The summed E-state index contributed by atoms with van der Waals surface area (Å²) in [6.45, 7) is 1.37. The van der Waals surface area contributed by atoms with Gasteiger partial charge in [0.05, 0.1) is 18.8 Å². The van der Waals surface area contributed by atoms with Crippen LogP contribution in [0.25, 0.3) is 22.5 Å². The smallest absolute Gasteiger partial charge is 0.168 e. The van der Waals surface area contributed by atoms with Crippen molar-refractivity contribution in [2.24, 2.45) is 0 Å². The Morgan fingerprint density at radius 3 is 2.80 bits per heavy atom. The molecule has 4 aromatic rings. The molecule has 0 unspecified atom stereocenters. The SMILES string of the molecule is COc1cccc(F)c1-c1nccc(Nc2cc(N3CCC[C@H](O)C3)c(-c3cccnc3)cn2)n1. The number of anilines is 3. The highest BCUT2D eigenvalue weighted by Gasteiger charge is 2.22. The van der Waals surface area contributed by atoms with Crippen LogP contribution in [0.1, 0.15) is 12.8 Å². The zero-order valence-corrected chi connectivity index (χ0v) is 19.2. The number of aliphatic hydroxyl groups excluding tert-OH is 1. The maximum absolute atomic E-state index is 14.6. The van der Waals surface area contributed by atoms with Crippen molar-refractivity contribution in [3.8, 4) is 28.3 Å². The van der Waals surface area contributed by atoms with Crippen molar-refractivity contribution < 1.29 is 14.2 Å². The Hall–Kier alpha value is -4.11. The van der Waals surface area contributed by atoms with Gasteiger partial charge in [0.25, 0.3) is 0 Å². The minimum absolute atomic E-state index is 0.196. The molecule has 3 aromatic heterocycles. The largest absolute Gasteiger partial charge is 0.496 e. The predicted molar refractivity (Wildman–Crippen MR) is 132 cm³/mol.